The number of urea groups is 1. The van der Waals surface area contributed by atoms with Gasteiger partial charge in [-0.1, -0.05) is 24.3 Å². The molecule has 1 fully saturated rings. The lowest BCUT2D eigenvalue weighted by Crippen LogP contribution is -2.34. The number of benzene rings is 3. The van der Waals surface area contributed by atoms with Gasteiger partial charge in [-0.25, -0.2) is 9.18 Å². The number of anilines is 2. The average molecular weight is 517 g/mol. The van der Waals surface area contributed by atoms with Crippen molar-refractivity contribution >= 4 is 29.1 Å². The number of likely N-dealkylation sites (tertiary alicyclic amines) is 1. The molecule has 0 aliphatic carbocycles. The molecule has 7 nitrogen and oxygen atoms in total. The Bertz CT molecular complexity index is 1300. The van der Waals surface area contributed by atoms with E-state index in [1.54, 1.807) is 43.4 Å². The van der Waals surface area contributed by atoms with Crippen LogP contribution in [0.1, 0.15) is 51.6 Å². The zero-order valence-corrected chi connectivity index (χ0v) is 21.7. The summed E-state index contributed by atoms with van der Waals surface area (Å²) in [6.45, 7) is 3.84. The number of hydrogen-bond donors (Lipinski definition) is 3. The van der Waals surface area contributed by atoms with Crippen LogP contribution < -0.4 is 16.0 Å². The Morgan fingerprint density at radius 1 is 0.921 bits per heavy atom. The van der Waals surface area contributed by atoms with Crippen LogP contribution in [0.2, 0.25) is 0 Å². The summed E-state index contributed by atoms with van der Waals surface area (Å²) in [5, 5.41) is 8.33. The Kier molecular flexibility index (Phi) is 8.86. The van der Waals surface area contributed by atoms with Gasteiger partial charge in [-0.2, -0.15) is 0 Å². The zero-order chi connectivity index (χ0) is 27.1. The first-order valence-corrected chi connectivity index (χ1v) is 12.8. The van der Waals surface area contributed by atoms with Crippen molar-refractivity contribution in [2.24, 2.45) is 5.92 Å². The van der Waals surface area contributed by atoms with Crippen molar-refractivity contribution in [2.75, 3.05) is 30.8 Å². The monoisotopic (exact) mass is 516 g/mol. The molecule has 0 saturated carbocycles. The molecule has 38 heavy (non-hydrogen) atoms. The molecular formula is C30H33FN4O3. The number of halogens is 1. The first kappa shape index (κ1) is 27.0. The first-order chi connectivity index (χ1) is 18.3. The van der Waals surface area contributed by atoms with E-state index >= 15 is 0 Å². The number of nitrogens with one attached hydrogen (secondary N) is 3. The number of Topliss-reactive ketones (excluding diaryl/α,β-unsaturated/α-hetero) is 1. The second kappa shape index (κ2) is 12.5. The van der Waals surface area contributed by atoms with Crippen molar-refractivity contribution in [1.82, 2.24) is 10.2 Å². The molecule has 3 aromatic carbocycles. The lowest BCUT2D eigenvalue weighted by molar-refractivity contribution is 0.0961. The van der Waals surface area contributed by atoms with Crippen LogP contribution in [0.3, 0.4) is 0 Å². The minimum Gasteiger partial charge on any atom is -0.355 e. The van der Waals surface area contributed by atoms with Gasteiger partial charge >= 0.3 is 6.03 Å². The second-order valence-electron chi connectivity index (χ2n) is 9.72. The quantitative estimate of drug-likeness (QED) is 0.346. The Morgan fingerprint density at radius 3 is 2.34 bits per heavy atom. The average Bonchev–Trinajstić information content (AvgIpc) is 2.91. The Labute approximate surface area is 222 Å². The fourth-order valence-corrected chi connectivity index (χ4v) is 4.78. The van der Waals surface area contributed by atoms with Crippen LogP contribution in [0.5, 0.6) is 0 Å². The number of carbonyl (C=O) groups is 3. The molecule has 1 saturated heterocycles. The van der Waals surface area contributed by atoms with Crippen LogP contribution >= 0.6 is 0 Å². The summed E-state index contributed by atoms with van der Waals surface area (Å²) >= 11 is 0. The van der Waals surface area contributed by atoms with Crippen molar-refractivity contribution in [3.05, 3.63) is 94.8 Å². The topological polar surface area (TPSA) is 90.5 Å². The third-order valence-electron chi connectivity index (χ3n) is 6.91. The first-order valence-electron chi connectivity index (χ1n) is 12.8. The summed E-state index contributed by atoms with van der Waals surface area (Å²) in [4.78, 5) is 39.1. The molecule has 198 valence electrons. The lowest BCUT2D eigenvalue weighted by atomic mass is 9.90. The highest BCUT2D eigenvalue weighted by Gasteiger charge is 2.21. The maximum Gasteiger partial charge on any atom is 0.323 e. The van der Waals surface area contributed by atoms with Gasteiger partial charge in [0.05, 0.1) is 0 Å². The smallest absolute Gasteiger partial charge is 0.323 e. The van der Waals surface area contributed by atoms with Crippen molar-refractivity contribution in [2.45, 2.75) is 32.7 Å². The number of piperidine rings is 1. The molecule has 3 amide bonds. The van der Waals surface area contributed by atoms with E-state index in [1.807, 2.05) is 18.2 Å². The highest BCUT2D eigenvalue weighted by Crippen LogP contribution is 2.26. The third kappa shape index (κ3) is 7.26. The molecule has 1 heterocycles. The minimum atomic E-state index is -0.433. The van der Waals surface area contributed by atoms with Gasteiger partial charge in [0.2, 0.25) is 0 Å². The van der Waals surface area contributed by atoms with E-state index in [2.05, 4.69) is 20.9 Å². The van der Waals surface area contributed by atoms with E-state index in [0.717, 1.165) is 43.5 Å². The van der Waals surface area contributed by atoms with Crippen LogP contribution in [0.15, 0.2) is 66.7 Å². The third-order valence-corrected chi connectivity index (χ3v) is 6.91. The van der Waals surface area contributed by atoms with E-state index in [-0.39, 0.29) is 17.5 Å². The fraction of sp³-hybridized carbons (Fsp3) is 0.300. The fourth-order valence-electron chi connectivity index (χ4n) is 4.78. The summed E-state index contributed by atoms with van der Waals surface area (Å²) in [7, 11) is 1.59. The normalized spacial score (nSPS) is 14.1. The number of nitrogens with zero attached hydrogens (tertiary/aromatic N) is 1. The highest BCUT2D eigenvalue weighted by atomic mass is 19.1. The summed E-state index contributed by atoms with van der Waals surface area (Å²) in [5.41, 5.74) is 4.16. The predicted octanol–water partition coefficient (Wildman–Crippen LogP) is 5.49. The summed E-state index contributed by atoms with van der Waals surface area (Å²) in [6.07, 6.45) is 2.96. The molecule has 0 spiro atoms. The van der Waals surface area contributed by atoms with Gasteiger partial charge in [0, 0.05) is 36.1 Å². The Balaban J connectivity index is 1.42. The number of amides is 3. The van der Waals surface area contributed by atoms with Gasteiger partial charge < -0.3 is 16.0 Å². The van der Waals surface area contributed by atoms with Crippen LogP contribution in [0.4, 0.5) is 20.6 Å². The maximum absolute atomic E-state index is 13.2. The van der Waals surface area contributed by atoms with Crippen LogP contribution in [-0.2, 0) is 13.0 Å². The highest BCUT2D eigenvalue weighted by molar-refractivity contribution is 6.02. The molecule has 0 atom stereocenters. The van der Waals surface area contributed by atoms with E-state index in [4.69, 9.17) is 0 Å². The van der Waals surface area contributed by atoms with Crippen LogP contribution in [0, 0.1) is 11.7 Å². The summed E-state index contributed by atoms with van der Waals surface area (Å²) < 4.78 is 13.2. The molecule has 0 unspecified atom stereocenters. The van der Waals surface area contributed by atoms with E-state index in [1.165, 1.54) is 19.1 Å². The predicted molar refractivity (Wildman–Crippen MR) is 147 cm³/mol. The van der Waals surface area contributed by atoms with Crippen molar-refractivity contribution in [3.63, 3.8) is 0 Å². The van der Waals surface area contributed by atoms with Crippen LogP contribution in [0.25, 0.3) is 0 Å². The van der Waals surface area contributed by atoms with Gasteiger partial charge in [-0.3, -0.25) is 14.5 Å². The zero-order valence-electron chi connectivity index (χ0n) is 21.7. The summed E-state index contributed by atoms with van der Waals surface area (Å²) in [6, 6.07) is 18.3. The van der Waals surface area contributed by atoms with Gasteiger partial charge in [0.15, 0.2) is 5.78 Å². The molecule has 1 aliphatic rings. The second-order valence-corrected chi connectivity index (χ2v) is 9.72. The number of carbonyl (C=O) groups excluding carboxylic acids is 3. The van der Waals surface area contributed by atoms with E-state index in [9.17, 15) is 18.8 Å². The molecule has 3 N–H and O–H groups in total. The van der Waals surface area contributed by atoms with Crippen molar-refractivity contribution in [1.29, 1.82) is 0 Å². The van der Waals surface area contributed by atoms with Gasteiger partial charge in [0.25, 0.3) is 5.91 Å². The van der Waals surface area contributed by atoms with Gasteiger partial charge in [0.1, 0.15) is 5.82 Å². The number of rotatable bonds is 8. The van der Waals surface area contributed by atoms with Crippen molar-refractivity contribution < 1.29 is 18.8 Å². The standard InChI is InChI=1S/C30H33FN4O3/c1-20(36)23-4-3-5-27(18-23)33-30(38)34-28-11-8-24(29(37)32-2)17-25(28)19-35-14-12-22(13-15-35)16-21-6-9-26(31)10-7-21/h3-11,17-18,22H,12-16,19H2,1-2H3,(H,32,37)(H2,33,34,38). The molecule has 1 aliphatic heterocycles. The molecular weight excluding hydrogens is 483 g/mol. The maximum atomic E-state index is 13.2. The minimum absolute atomic E-state index is 0.0810. The molecule has 0 aromatic heterocycles. The number of hydrogen-bond acceptors (Lipinski definition) is 4. The Morgan fingerprint density at radius 2 is 1.66 bits per heavy atom. The van der Waals surface area contributed by atoms with Gasteiger partial charge in [-0.05, 0) is 98.8 Å². The van der Waals surface area contributed by atoms with Crippen molar-refractivity contribution in [3.8, 4) is 0 Å². The molecule has 3 aromatic rings. The number of ketones is 1. The van der Waals surface area contributed by atoms with Gasteiger partial charge in [-0.15, -0.1) is 0 Å². The molecule has 0 bridgehead atoms. The SMILES string of the molecule is CNC(=O)c1ccc(NC(=O)Nc2cccc(C(C)=O)c2)c(CN2CCC(Cc3ccc(F)cc3)CC2)c1. The van der Waals surface area contributed by atoms with E-state index < -0.39 is 6.03 Å². The van der Waals surface area contributed by atoms with Crippen LogP contribution in [-0.4, -0.2) is 42.8 Å². The largest absolute Gasteiger partial charge is 0.355 e. The molecule has 4 rings (SSSR count). The van der Waals surface area contributed by atoms with E-state index in [0.29, 0.717) is 35.0 Å². The lowest BCUT2D eigenvalue weighted by Gasteiger charge is -2.32. The molecule has 8 heteroatoms. The summed E-state index contributed by atoms with van der Waals surface area (Å²) in [5.74, 6) is 0.0390. The molecule has 0 radical (unpaired) electrons. The Hall–Kier alpha value is -4.04.